The fraction of sp³-hybridized carbons (Fsp3) is 0.138. The van der Waals surface area contributed by atoms with Crippen molar-refractivity contribution in [3.05, 3.63) is 101 Å². The van der Waals surface area contributed by atoms with Crippen molar-refractivity contribution in [1.29, 1.82) is 0 Å². The van der Waals surface area contributed by atoms with E-state index < -0.39 is 11.8 Å². The highest BCUT2D eigenvalue weighted by atomic mass is 35.5. The van der Waals surface area contributed by atoms with E-state index in [0.29, 0.717) is 41.0 Å². The number of halogens is 1. The minimum absolute atomic E-state index is 0.382. The third-order valence-corrected chi connectivity index (χ3v) is 5.79. The van der Waals surface area contributed by atoms with Gasteiger partial charge < -0.3 is 14.8 Å². The van der Waals surface area contributed by atoms with Crippen LogP contribution >= 0.6 is 11.6 Å². The molecule has 4 aromatic carbocycles. The molecule has 0 radical (unpaired) electrons. The smallest absolute Gasteiger partial charge is 0.329 e. The van der Waals surface area contributed by atoms with Crippen LogP contribution in [0.1, 0.15) is 23.6 Å². The molecular weight excluding hydrogens is 490 g/mol. The number of rotatable bonds is 8. The summed E-state index contributed by atoms with van der Waals surface area (Å²) in [5, 5.41) is 9.27. The second kappa shape index (κ2) is 12.1. The van der Waals surface area contributed by atoms with E-state index in [1.54, 1.807) is 43.3 Å². The van der Waals surface area contributed by atoms with Gasteiger partial charge in [-0.2, -0.15) is 5.10 Å². The summed E-state index contributed by atoms with van der Waals surface area (Å²) in [6.45, 7) is 4.50. The third-order valence-electron chi connectivity index (χ3n) is 5.55. The Morgan fingerprint density at radius 2 is 1.73 bits per heavy atom. The molecule has 4 rings (SSSR count). The van der Waals surface area contributed by atoms with E-state index in [1.807, 2.05) is 31.2 Å². The number of fused-ring (bicyclic) bond motifs is 1. The van der Waals surface area contributed by atoms with Gasteiger partial charge in [-0.15, -0.1) is 0 Å². The fourth-order valence-electron chi connectivity index (χ4n) is 3.73. The lowest BCUT2D eigenvalue weighted by atomic mass is 10.1. The quantitative estimate of drug-likeness (QED) is 0.174. The van der Waals surface area contributed by atoms with Crippen LogP contribution in [0, 0.1) is 6.92 Å². The van der Waals surface area contributed by atoms with E-state index in [1.165, 1.54) is 6.21 Å². The van der Waals surface area contributed by atoms with Gasteiger partial charge in [-0.3, -0.25) is 9.59 Å². The van der Waals surface area contributed by atoms with Gasteiger partial charge in [0.2, 0.25) is 0 Å². The molecule has 2 amide bonds. The predicted octanol–water partition coefficient (Wildman–Crippen LogP) is 5.87. The molecule has 8 heteroatoms. The molecule has 0 unspecified atom stereocenters. The second-order valence-corrected chi connectivity index (χ2v) is 8.62. The van der Waals surface area contributed by atoms with Gasteiger partial charge >= 0.3 is 11.8 Å². The molecule has 0 atom stereocenters. The van der Waals surface area contributed by atoms with E-state index >= 15 is 0 Å². The number of anilines is 1. The molecule has 2 N–H and O–H groups in total. The summed E-state index contributed by atoms with van der Waals surface area (Å²) in [6.07, 6.45) is 1.43. The number of carbonyl (C=O) groups is 2. The Hall–Kier alpha value is -4.36. The Morgan fingerprint density at radius 1 is 0.919 bits per heavy atom. The van der Waals surface area contributed by atoms with Gasteiger partial charge in [0.25, 0.3) is 0 Å². The summed E-state index contributed by atoms with van der Waals surface area (Å²) in [4.78, 5) is 24.3. The van der Waals surface area contributed by atoms with Crippen LogP contribution < -0.4 is 20.2 Å². The van der Waals surface area contributed by atoms with E-state index in [4.69, 9.17) is 21.1 Å². The van der Waals surface area contributed by atoms with Crippen molar-refractivity contribution in [2.24, 2.45) is 5.10 Å². The van der Waals surface area contributed by atoms with Crippen molar-refractivity contribution in [3.63, 3.8) is 0 Å². The number of hydrogen-bond acceptors (Lipinski definition) is 5. The average molecular weight is 516 g/mol. The summed E-state index contributed by atoms with van der Waals surface area (Å²) in [6, 6.07) is 24.6. The van der Waals surface area contributed by atoms with Crippen molar-refractivity contribution in [1.82, 2.24) is 5.43 Å². The van der Waals surface area contributed by atoms with Crippen molar-refractivity contribution in [2.75, 3.05) is 11.9 Å². The first-order chi connectivity index (χ1) is 17.9. The van der Waals surface area contributed by atoms with Crippen LogP contribution in [0.25, 0.3) is 10.8 Å². The number of hydrazone groups is 1. The van der Waals surface area contributed by atoms with Crippen LogP contribution in [-0.4, -0.2) is 24.6 Å². The summed E-state index contributed by atoms with van der Waals surface area (Å²) in [5.41, 5.74) is 5.20. The number of amides is 2. The minimum Gasteiger partial charge on any atom is -0.490 e. The van der Waals surface area contributed by atoms with E-state index in [-0.39, 0.29) is 0 Å². The van der Waals surface area contributed by atoms with Crippen LogP contribution in [0.15, 0.2) is 84.0 Å². The SMILES string of the molecule is CCOc1cc(/C=N/NC(=O)C(=O)Nc2ccc(Cl)cc2C)ccc1OCc1cccc2ccccc12. The number of ether oxygens (including phenoxy) is 2. The van der Waals surface area contributed by atoms with Crippen molar-refractivity contribution < 1.29 is 19.1 Å². The van der Waals surface area contributed by atoms with E-state index in [2.05, 4.69) is 34.0 Å². The normalized spacial score (nSPS) is 10.9. The number of benzene rings is 4. The highest BCUT2D eigenvalue weighted by Gasteiger charge is 2.14. The summed E-state index contributed by atoms with van der Waals surface area (Å²) in [7, 11) is 0. The number of aryl methyl sites for hydroxylation is 1. The third kappa shape index (κ3) is 6.65. The first kappa shape index (κ1) is 25.7. The van der Waals surface area contributed by atoms with Gasteiger partial charge in [-0.25, -0.2) is 5.43 Å². The zero-order chi connectivity index (χ0) is 26.2. The average Bonchev–Trinajstić information content (AvgIpc) is 2.90. The molecule has 0 bridgehead atoms. The lowest BCUT2D eigenvalue weighted by Gasteiger charge is -2.13. The number of hydrogen-bond donors (Lipinski definition) is 2. The largest absolute Gasteiger partial charge is 0.490 e. The predicted molar refractivity (Wildman–Crippen MR) is 146 cm³/mol. The van der Waals surface area contributed by atoms with Gasteiger partial charge in [-0.05, 0) is 77.7 Å². The topological polar surface area (TPSA) is 89.0 Å². The van der Waals surface area contributed by atoms with Crippen molar-refractivity contribution in [2.45, 2.75) is 20.5 Å². The molecule has 0 saturated carbocycles. The monoisotopic (exact) mass is 515 g/mol. The molecule has 0 heterocycles. The van der Waals surface area contributed by atoms with E-state index in [0.717, 1.165) is 21.9 Å². The maximum Gasteiger partial charge on any atom is 0.329 e. The van der Waals surface area contributed by atoms with Crippen LogP contribution in [0.3, 0.4) is 0 Å². The molecule has 0 aliphatic carbocycles. The molecule has 0 saturated heterocycles. The molecule has 188 valence electrons. The van der Waals surface area contributed by atoms with Crippen LogP contribution in [0.5, 0.6) is 11.5 Å². The summed E-state index contributed by atoms with van der Waals surface area (Å²) in [5.74, 6) is -0.594. The minimum atomic E-state index is -0.898. The van der Waals surface area contributed by atoms with Crippen LogP contribution in [-0.2, 0) is 16.2 Å². The van der Waals surface area contributed by atoms with Gasteiger partial charge in [0.15, 0.2) is 11.5 Å². The maximum atomic E-state index is 12.2. The Balaban J connectivity index is 1.39. The summed E-state index contributed by atoms with van der Waals surface area (Å²) < 4.78 is 11.8. The Kier molecular flexibility index (Phi) is 8.38. The van der Waals surface area contributed by atoms with Gasteiger partial charge in [-0.1, -0.05) is 54.1 Å². The fourth-order valence-corrected chi connectivity index (χ4v) is 3.96. The highest BCUT2D eigenvalue weighted by molar-refractivity contribution is 6.39. The number of nitrogens with zero attached hydrogens (tertiary/aromatic N) is 1. The molecule has 0 spiro atoms. The van der Waals surface area contributed by atoms with Crippen molar-refractivity contribution >= 4 is 46.1 Å². The maximum absolute atomic E-state index is 12.2. The lowest BCUT2D eigenvalue weighted by Crippen LogP contribution is -2.32. The lowest BCUT2D eigenvalue weighted by molar-refractivity contribution is -0.136. The molecule has 7 nitrogen and oxygen atoms in total. The molecule has 4 aromatic rings. The molecular formula is C29H26ClN3O4. The van der Waals surface area contributed by atoms with Crippen LogP contribution in [0.2, 0.25) is 5.02 Å². The second-order valence-electron chi connectivity index (χ2n) is 8.18. The zero-order valence-electron chi connectivity index (χ0n) is 20.5. The Bertz CT molecular complexity index is 1460. The van der Waals surface area contributed by atoms with Crippen LogP contribution in [0.4, 0.5) is 5.69 Å². The molecule has 37 heavy (non-hydrogen) atoms. The molecule has 0 aliphatic heterocycles. The standard InChI is InChI=1S/C29H26ClN3O4/c1-3-36-27-16-20(17-31-33-29(35)28(34)32-25-13-12-23(30)15-19(25)2)11-14-26(27)37-18-22-9-6-8-21-7-4-5-10-24(21)22/h4-17H,3,18H2,1-2H3,(H,32,34)(H,33,35)/b31-17+. The molecule has 0 fully saturated rings. The highest BCUT2D eigenvalue weighted by Crippen LogP contribution is 2.30. The first-order valence-electron chi connectivity index (χ1n) is 11.7. The van der Waals surface area contributed by atoms with Gasteiger partial charge in [0.05, 0.1) is 12.8 Å². The van der Waals surface area contributed by atoms with Gasteiger partial charge in [0, 0.05) is 10.7 Å². The Labute approximate surface area is 220 Å². The van der Waals surface area contributed by atoms with Gasteiger partial charge in [0.1, 0.15) is 6.61 Å². The zero-order valence-corrected chi connectivity index (χ0v) is 21.2. The number of nitrogens with one attached hydrogen (secondary N) is 2. The first-order valence-corrected chi connectivity index (χ1v) is 12.1. The summed E-state index contributed by atoms with van der Waals surface area (Å²) >= 11 is 5.92. The number of carbonyl (C=O) groups excluding carboxylic acids is 2. The molecule has 0 aliphatic rings. The van der Waals surface area contributed by atoms with E-state index in [9.17, 15) is 9.59 Å². The van der Waals surface area contributed by atoms with Crippen molar-refractivity contribution in [3.8, 4) is 11.5 Å². The Morgan fingerprint density at radius 3 is 2.54 bits per heavy atom. The molecule has 0 aromatic heterocycles.